The van der Waals surface area contributed by atoms with Crippen molar-refractivity contribution in [1.82, 2.24) is 15.5 Å². The maximum absolute atomic E-state index is 11.9. The summed E-state index contributed by atoms with van der Waals surface area (Å²) in [5.41, 5.74) is 1.96. The van der Waals surface area contributed by atoms with Gasteiger partial charge in [-0.3, -0.25) is 9.69 Å². The monoisotopic (exact) mass is 390 g/mol. The maximum Gasteiger partial charge on any atom is 0.325 e. The van der Waals surface area contributed by atoms with Gasteiger partial charge in [-0.25, -0.2) is 4.99 Å². The molecular formula is C21H34N4O3. The quantitative estimate of drug-likeness (QED) is 0.421. The number of hydrogen-bond donors (Lipinski definition) is 2. The molecule has 1 heterocycles. The van der Waals surface area contributed by atoms with Gasteiger partial charge in [0.25, 0.3) is 0 Å². The van der Waals surface area contributed by atoms with Crippen molar-refractivity contribution >= 4 is 11.9 Å². The number of hydrogen-bond acceptors (Lipinski definition) is 5. The first-order valence-electron chi connectivity index (χ1n) is 9.98. The molecule has 1 aromatic rings. The van der Waals surface area contributed by atoms with E-state index in [2.05, 4.69) is 38.7 Å². The average Bonchev–Trinajstić information content (AvgIpc) is 2.64. The first-order valence-corrected chi connectivity index (χ1v) is 9.98. The van der Waals surface area contributed by atoms with Crippen molar-refractivity contribution in [3.63, 3.8) is 0 Å². The second-order valence-corrected chi connectivity index (χ2v) is 7.79. The van der Waals surface area contributed by atoms with Gasteiger partial charge >= 0.3 is 5.97 Å². The Morgan fingerprint density at radius 2 is 1.86 bits per heavy atom. The first-order chi connectivity index (χ1) is 13.4. The van der Waals surface area contributed by atoms with Crippen LogP contribution in [0, 0.1) is 0 Å². The number of benzene rings is 1. The van der Waals surface area contributed by atoms with Crippen LogP contribution in [0.2, 0.25) is 0 Å². The summed E-state index contributed by atoms with van der Waals surface area (Å²) in [6, 6.07) is 8.36. The SMILES string of the molecule is CCNC(=NCc1ccccc1CN1CCOCC1)NCC(=O)OC(C)(C)C. The molecule has 28 heavy (non-hydrogen) atoms. The molecule has 0 aliphatic carbocycles. The predicted octanol–water partition coefficient (Wildman–Crippen LogP) is 1.92. The molecule has 1 aliphatic heterocycles. The molecule has 0 unspecified atom stereocenters. The second kappa shape index (κ2) is 11.0. The maximum atomic E-state index is 11.9. The molecule has 0 atom stereocenters. The molecule has 7 heteroatoms. The molecule has 0 bridgehead atoms. The number of nitrogens with one attached hydrogen (secondary N) is 2. The number of nitrogens with zero attached hydrogens (tertiary/aromatic N) is 2. The number of aliphatic imine (C=N–C) groups is 1. The first kappa shape index (κ1) is 22.2. The van der Waals surface area contributed by atoms with Gasteiger partial charge in [0.1, 0.15) is 12.1 Å². The van der Waals surface area contributed by atoms with Crippen LogP contribution < -0.4 is 10.6 Å². The second-order valence-electron chi connectivity index (χ2n) is 7.79. The third kappa shape index (κ3) is 8.27. The third-order valence-electron chi connectivity index (χ3n) is 4.19. The van der Waals surface area contributed by atoms with Crippen LogP contribution in [0.5, 0.6) is 0 Å². The fourth-order valence-electron chi connectivity index (χ4n) is 2.91. The summed E-state index contributed by atoms with van der Waals surface area (Å²) >= 11 is 0. The van der Waals surface area contributed by atoms with Crippen molar-refractivity contribution < 1.29 is 14.3 Å². The Hall–Kier alpha value is -2.12. The lowest BCUT2D eigenvalue weighted by Gasteiger charge is -2.27. The summed E-state index contributed by atoms with van der Waals surface area (Å²) in [4.78, 5) is 19.0. The Morgan fingerprint density at radius 1 is 1.18 bits per heavy atom. The molecule has 2 N–H and O–H groups in total. The molecule has 1 aliphatic rings. The van der Waals surface area contributed by atoms with E-state index in [-0.39, 0.29) is 12.5 Å². The zero-order valence-electron chi connectivity index (χ0n) is 17.6. The van der Waals surface area contributed by atoms with Crippen LogP contribution in [0.1, 0.15) is 38.8 Å². The van der Waals surface area contributed by atoms with E-state index in [0.717, 1.165) is 39.4 Å². The Morgan fingerprint density at radius 3 is 2.50 bits per heavy atom. The molecule has 0 saturated carbocycles. The lowest BCUT2D eigenvalue weighted by atomic mass is 10.1. The van der Waals surface area contributed by atoms with Crippen LogP contribution in [-0.4, -0.2) is 61.8 Å². The number of rotatable bonds is 7. The fraction of sp³-hybridized carbons (Fsp3) is 0.619. The van der Waals surface area contributed by atoms with E-state index in [4.69, 9.17) is 9.47 Å². The number of esters is 1. The van der Waals surface area contributed by atoms with Gasteiger partial charge in [-0.2, -0.15) is 0 Å². The Kier molecular flexibility index (Phi) is 8.73. The molecule has 1 aromatic carbocycles. The van der Waals surface area contributed by atoms with E-state index in [1.54, 1.807) is 0 Å². The molecule has 1 fully saturated rings. The van der Waals surface area contributed by atoms with Gasteiger partial charge in [0.2, 0.25) is 0 Å². The normalized spacial score (nSPS) is 15.9. The van der Waals surface area contributed by atoms with Crippen LogP contribution >= 0.6 is 0 Å². The van der Waals surface area contributed by atoms with Crippen molar-refractivity contribution in [2.75, 3.05) is 39.4 Å². The van der Waals surface area contributed by atoms with Gasteiger partial charge in [0.05, 0.1) is 19.8 Å². The van der Waals surface area contributed by atoms with Gasteiger partial charge in [-0.05, 0) is 38.8 Å². The highest BCUT2D eigenvalue weighted by molar-refractivity contribution is 5.84. The van der Waals surface area contributed by atoms with Crippen molar-refractivity contribution in [2.45, 2.75) is 46.4 Å². The van der Waals surface area contributed by atoms with Gasteiger partial charge in [0, 0.05) is 26.2 Å². The topological polar surface area (TPSA) is 75.2 Å². The third-order valence-corrected chi connectivity index (χ3v) is 4.19. The minimum absolute atomic E-state index is 0.0819. The van der Waals surface area contributed by atoms with Crippen LogP contribution in [0.4, 0.5) is 0 Å². The van der Waals surface area contributed by atoms with E-state index in [0.29, 0.717) is 12.5 Å². The molecule has 0 radical (unpaired) electrons. The fourth-order valence-corrected chi connectivity index (χ4v) is 2.91. The van der Waals surface area contributed by atoms with Crippen LogP contribution in [0.3, 0.4) is 0 Å². The summed E-state index contributed by atoms with van der Waals surface area (Å²) in [6.45, 7) is 13.3. The summed E-state index contributed by atoms with van der Waals surface area (Å²) in [6.07, 6.45) is 0. The number of ether oxygens (including phenoxy) is 2. The van der Waals surface area contributed by atoms with Gasteiger partial charge in [0.15, 0.2) is 5.96 Å². The van der Waals surface area contributed by atoms with Gasteiger partial charge < -0.3 is 20.1 Å². The summed E-state index contributed by atoms with van der Waals surface area (Å²) in [5.74, 6) is 0.306. The predicted molar refractivity (Wildman–Crippen MR) is 111 cm³/mol. The van der Waals surface area contributed by atoms with E-state index in [1.807, 2.05) is 33.8 Å². The van der Waals surface area contributed by atoms with Crippen molar-refractivity contribution in [3.8, 4) is 0 Å². The van der Waals surface area contributed by atoms with Crippen LogP contribution in [0.25, 0.3) is 0 Å². The summed E-state index contributed by atoms with van der Waals surface area (Å²) in [7, 11) is 0. The Labute approximate surface area is 168 Å². The minimum Gasteiger partial charge on any atom is -0.459 e. The average molecular weight is 391 g/mol. The Balaban J connectivity index is 1.97. The van der Waals surface area contributed by atoms with Crippen molar-refractivity contribution in [2.24, 2.45) is 4.99 Å². The van der Waals surface area contributed by atoms with Crippen molar-refractivity contribution in [1.29, 1.82) is 0 Å². The molecule has 7 nitrogen and oxygen atoms in total. The number of guanidine groups is 1. The van der Waals surface area contributed by atoms with E-state index < -0.39 is 5.60 Å². The standard InChI is InChI=1S/C21H34N4O3/c1-5-22-20(24-15-19(26)28-21(2,3)4)23-14-17-8-6-7-9-18(17)16-25-10-12-27-13-11-25/h6-9H,5,10-16H2,1-4H3,(H2,22,23,24). The van der Waals surface area contributed by atoms with Gasteiger partial charge in [-0.15, -0.1) is 0 Å². The largest absolute Gasteiger partial charge is 0.459 e. The molecule has 0 amide bonds. The number of morpholine rings is 1. The molecule has 156 valence electrons. The number of carbonyl (C=O) groups is 1. The molecule has 0 spiro atoms. The van der Waals surface area contributed by atoms with Gasteiger partial charge in [-0.1, -0.05) is 24.3 Å². The zero-order valence-corrected chi connectivity index (χ0v) is 17.6. The highest BCUT2D eigenvalue weighted by Crippen LogP contribution is 2.14. The summed E-state index contributed by atoms with van der Waals surface area (Å²) in [5, 5.41) is 6.23. The smallest absolute Gasteiger partial charge is 0.325 e. The van der Waals surface area contributed by atoms with Crippen LogP contribution in [-0.2, 0) is 27.4 Å². The van der Waals surface area contributed by atoms with E-state index in [1.165, 1.54) is 11.1 Å². The highest BCUT2D eigenvalue weighted by atomic mass is 16.6. The molecule has 1 saturated heterocycles. The molecular weight excluding hydrogens is 356 g/mol. The van der Waals surface area contributed by atoms with E-state index in [9.17, 15) is 4.79 Å². The summed E-state index contributed by atoms with van der Waals surface area (Å²) < 4.78 is 10.8. The lowest BCUT2D eigenvalue weighted by molar-refractivity contribution is -0.153. The van der Waals surface area contributed by atoms with Crippen LogP contribution in [0.15, 0.2) is 29.3 Å². The lowest BCUT2D eigenvalue weighted by Crippen LogP contribution is -2.41. The molecule has 0 aromatic heterocycles. The van der Waals surface area contributed by atoms with Crippen molar-refractivity contribution in [3.05, 3.63) is 35.4 Å². The highest BCUT2D eigenvalue weighted by Gasteiger charge is 2.16. The van der Waals surface area contributed by atoms with E-state index >= 15 is 0 Å². The Bertz CT molecular complexity index is 649. The number of carbonyl (C=O) groups excluding carboxylic acids is 1. The zero-order chi connectivity index (χ0) is 20.4. The molecule has 2 rings (SSSR count). The minimum atomic E-state index is -0.493.